The summed E-state index contributed by atoms with van der Waals surface area (Å²) in [6, 6.07) is 8.92. The largest absolute Gasteiger partial charge is 0.397 e. The third-order valence-corrected chi connectivity index (χ3v) is 2.16. The molecule has 0 aliphatic rings. The minimum absolute atomic E-state index is 0.218. The highest BCUT2D eigenvalue weighted by Crippen LogP contribution is 2.09. The number of aromatic nitrogens is 2. The molecular weight excluding hydrogens is 190 g/mol. The van der Waals surface area contributed by atoms with Crippen LogP contribution in [0.15, 0.2) is 41.3 Å². The highest BCUT2D eigenvalue weighted by molar-refractivity contribution is 5.40. The molecule has 0 unspecified atom stereocenters. The summed E-state index contributed by atoms with van der Waals surface area (Å²) in [5.74, 6) is 0. The van der Waals surface area contributed by atoms with E-state index in [0.29, 0.717) is 5.69 Å². The second kappa shape index (κ2) is 3.57. The van der Waals surface area contributed by atoms with Crippen molar-refractivity contribution in [2.24, 2.45) is 0 Å². The molecule has 0 aliphatic carbocycles. The van der Waals surface area contributed by atoms with E-state index >= 15 is 0 Å². The van der Waals surface area contributed by atoms with Gasteiger partial charge in [-0.2, -0.15) is 9.78 Å². The number of hydrogen-bond acceptors (Lipinski definition) is 3. The lowest BCUT2D eigenvalue weighted by molar-refractivity contribution is 0.803. The van der Waals surface area contributed by atoms with Crippen molar-refractivity contribution in [3.05, 3.63) is 52.4 Å². The molecule has 15 heavy (non-hydrogen) atoms. The van der Waals surface area contributed by atoms with Crippen molar-refractivity contribution in [2.75, 3.05) is 5.73 Å². The molecule has 0 radical (unpaired) electrons. The number of anilines is 1. The Balaban J connectivity index is 2.65. The van der Waals surface area contributed by atoms with Gasteiger partial charge in [0.1, 0.15) is 0 Å². The molecule has 0 amide bonds. The predicted octanol–water partition coefficient (Wildman–Crippen LogP) is 1.12. The van der Waals surface area contributed by atoms with E-state index in [4.69, 9.17) is 5.73 Å². The van der Waals surface area contributed by atoms with E-state index in [1.54, 1.807) is 0 Å². The molecule has 4 heteroatoms. The van der Waals surface area contributed by atoms with Crippen LogP contribution in [-0.2, 0) is 0 Å². The highest BCUT2D eigenvalue weighted by atomic mass is 16.1. The van der Waals surface area contributed by atoms with Gasteiger partial charge in [-0.1, -0.05) is 18.2 Å². The fraction of sp³-hybridized carbons (Fsp3) is 0.0909. The first kappa shape index (κ1) is 9.45. The van der Waals surface area contributed by atoms with Gasteiger partial charge in [-0.15, -0.1) is 0 Å². The van der Waals surface area contributed by atoms with Gasteiger partial charge in [0.25, 0.3) is 5.56 Å². The molecule has 76 valence electrons. The minimum Gasteiger partial charge on any atom is -0.397 e. The zero-order valence-corrected chi connectivity index (χ0v) is 8.34. The molecule has 0 saturated heterocycles. The van der Waals surface area contributed by atoms with Gasteiger partial charge >= 0.3 is 0 Å². The third-order valence-electron chi connectivity index (χ3n) is 2.16. The van der Waals surface area contributed by atoms with Gasteiger partial charge in [0, 0.05) is 6.07 Å². The van der Waals surface area contributed by atoms with Crippen LogP contribution in [-0.4, -0.2) is 9.78 Å². The number of nitrogens with zero attached hydrogens (tertiary/aromatic N) is 2. The number of hydrogen-bond donors (Lipinski definition) is 1. The molecule has 2 N–H and O–H groups in total. The molecular formula is C11H11N3O. The molecule has 0 fully saturated rings. The second-order valence-electron chi connectivity index (χ2n) is 3.33. The SMILES string of the molecule is Cc1ccccc1-n1ncc(N)cc1=O. The van der Waals surface area contributed by atoms with Crippen LogP contribution in [0.3, 0.4) is 0 Å². The number of nitrogen functional groups attached to an aromatic ring is 1. The maximum atomic E-state index is 11.6. The first-order valence-corrected chi connectivity index (χ1v) is 4.59. The summed E-state index contributed by atoms with van der Waals surface area (Å²) in [5.41, 5.74) is 7.41. The molecule has 1 aromatic carbocycles. The summed E-state index contributed by atoms with van der Waals surface area (Å²) < 4.78 is 1.34. The normalized spacial score (nSPS) is 10.2. The van der Waals surface area contributed by atoms with E-state index in [1.165, 1.54) is 16.9 Å². The first-order valence-electron chi connectivity index (χ1n) is 4.59. The van der Waals surface area contributed by atoms with Crippen LogP contribution in [0, 0.1) is 6.92 Å². The van der Waals surface area contributed by atoms with Crippen LogP contribution in [0.5, 0.6) is 0 Å². The number of rotatable bonds is 1. The molecule has 0 atom stereocenters. The minimum atomic E-state index is -0.218. The van der Waals surface area contributed by atoms with E-state index < -0.39 is 0 Å². The molecule has 0 saturated carbocycles. The fourth-order valence-electron chi connectivity index (χ4n) is 1.40. The Morgan fingerprint density at radius 3 is 2.73 bits per heavy atom. The quantitative estimate of drug-likeness (QED) is 0.752. The van der Waals surface area contributed by atoms with Crippen molar-refractivity contribution in [1.29, 1.82) is 0 Å². The molecule has 2 rings (SSSR count). The van der Waals surface area contributed by atoms with E-state index in [2.05, 4.69) is 5.10 Å². The van der Waals surface area contributed by atoms with E-state index in [-0.39, 0.29) is 5.56 Å². The maximum absolute atomic E-state index is 11.6. The number of benzene rings is 1. The lowest BCUT2D eigenvalue weighted by Gasteiger charge is -2.06. The van der Waals surface area contributed by atoms with Crippen molar-refractivity contribution in [2.45, 2.75) is 6.92 Å². The molecule has 4 nitrogen and oxygen atoms in total. The Kier molecular flexibility index (Phi) is 2.25. The van der Waals surface area contributed by atoms with Crippen LogP contribution in [0.1, 0.15) is 5.56 Å². The zero-order valence-electron chi connectivity index (χ0n) is 8.34. The lowest BCUT2D eigenvalue weighted by atomic mass is 10.2. The first-order chi connectivity index (χ1) is 7.18. The summed E-state index contributed by atoms with van der Waals surface area (Å²) in [7, 11) is 0. The number of aryl methyl sites for hydroxylation is 1. The van der Waals surface area contributed by atoms with Crippen molar-refractivity contribution < 1.29 is 0 Å². The smallest absolute Gasteiger partial charge is 0.273 e. The van der Waals surface area contributed by atoms with Crippen LogP contribution < -0.4 is 11.3 Å². The maximum Gasteiger partial charge on any atom is 0.273 e. The summed E-state index contributed by atoms with van der Waals surface area (Å²) >= 11 is 0. The Hall–Kier alpha value is -2.10. The topological polar surface area (TPSA) is 60.9 Å². The van der Waals surface area contributed by atoms with Crippen LogP contribution >= 0.6 is 0 Å². The third kappa shape index (κ3) is 1.74. The van der Waals surface area contributed by atoms with Gasteiger partial charge < -0.3 is 5.73 Å². The van der Waals surface area contributed by atoms with Crippen LogP contribution in [0.2, 0.25) is 0 Å². The molecule has 0 aliphatic heterocycles. The Labute approximate surface area is 87.0 Å². The standard InChI is InChI=1S/C11H11N3O/c1-8-4-2-3-5-10(8)14-11(15)6-9(12)7-13-14/h2-7H,12H2,1H3. The van der Waals surface area contributed by atoms with E-state index in [0.717, 1.165) is 11.3 Å². The van der Waals surface area contributed by atoms with E-state index in [1.807, 2.05) is 31.2 Å². The fourth-order valence-corrected chi connectivity index (χ4v) is 1.40. The van der Waals surface area contributed by atoms with Crippen molar-refractivity contribution in [3.63, 3.8) is 0 Å². The van der Waals surface area contributed by atoms with Crippen molar-refractivity contribution in [1.82, 2.24) is 9.78 Å². The van der Waals surface area contributed by atoms with Gasteiger partial charge in [-0.3, -0.25) is 4.79 Å². The Bertz CT molecular complexity index is 546. The molecule has 2 aromatic rings. The van der Waals surface area contributed by atoms with Gasteiger partial charge in [-0.25, -0.2) is 0 Å². The van der Waals surface area contributed by atoms with Gasteiger partial charge in [0.2, 0.25) is 0 Å². The highest BCUT2D eigenvalue weighted by Gasteiger charge is 2.03. The lowest BCUT2D eigenvalue weighted by Crippen LogP contribution is -2.21. The zero-order chi connectivity index (χ0) is 10.8. The Morgan fingerprint density at radius 1 is 1.33 bits per heavy atom. The van der Waals surface area contributed by atoms with Crippen LogP contribution in [0.4, 0.5) is 5.69 Å². The average molecular weight is 201 g/mol. The monoisotopic (exact) mass is 201 g/mol. The second-order valence-corrected chi connectivity index (χ2v) is 3.33. The van der Waals surface area contributed by atoms with Crippen LogP contribution in [0.25, 0.3) is 5.69 Å². The summed E-state index contributed by atoms with van der Waals surface area (Å²) in [4.78, 5) is 11.6. The van der Waals surface area contributed by atoms with Gasteiger partial charge in [0.05, 0.1) is 17.6 Å². The van der Waals surface area contributed by atoms with Gasteiger partial charge in [0.15, 0.2) is 0 Å². The molecule has 0 spiro atoms. The summed E-state index contributed by atoms with van der Waals surface area (Å²) in [6.45, 7) is 1.93. The average Bonchev–Trinajstić information content (AvgIpc) is 2.20. The summed E-state index contributed by atoms with van der Waals surface area (Å²) in [5, 5.41) is 3.99. The van der Waals surface area contributed by atoms with Crippen molar-refractivity contribution >= 4 is 5.69 Å². The van der Waals surface area contributed by atoms with E-state index in [9.17, 15) is 4.79 Å². The predicted molar refractivity (Wildman–Crippen MR) is 59.0 cm³/mol. The molecule has 0 bridgehead atoms. The summed E-state index contributed by atoms with van der Waals surface area (Å²) in [6.07, 6.45) is 1.47. The number of para-hydroxylation sites is 1. The molecule has 1 aromatic heterocycles. The van der Waals surface area contributed by atoms with Gasteiger partial charge in [-0.05, 0) is 18.6 Å². The van der Waals surface area contributed by atoms with Crippen molar-refractivity contribution in [3.8, 4) is 5.69 Å². The molecule has 1 heterocycles. The number of nitrogens with two attached hydrogens (primary N) is 1. The Morgan fingerprint density at radius 2 is 2.07 bits per heavy atom.